The van der Waals surface area contributed by atoms with Gasteiger partial charge in [-0.3, -0.25) is 9.58 Å². The summed E-state index contributed by atoms with van der Waals surface area (Å²) in [5.74, 6) is 0. The minimum atomic E-state index is 0.641. The first-order valence-electron chi connectivity index (χ1n) is 7.67. The zero-order valence-corrected chi connectivity index (χ0v) is 12.7. The molecule has 0 saturated carbocycles. The van der Waals surface area contributed by atoms with Crippen molar-refractivity contribution in [1.82, 2.24) is 20.0 Å². The first-order valence-corrected chi connectivity index (χ1v) is 7.67. The van der Waals surface area contributed by atoms with E-state index in [0.717, 1.165) is 19.5 Å². The summed E-state index contributed by atoms with van der Waals surface area (Å²) in [5, 5.41) is 8.07. The van der Waals surface area contributed by atoms with Crippen molar-refractivity contribution in [3.63, 3.8) is 0 Å². The number of nitrogens with one attached hydrogen (secondary N) is 1. The molecule has 19 heavy (non-hydrogen) atoms. The van der Waals surface area contributed by atoms with Gasteiger partial charge in [-0.2, -0.15) is 5.10 Å². The lowest BCUT2D eigenvalue weighted by Gasteiger charge is -2.32. The Morgan fingerprint density at radius 2 is 2.05 bits per heavy atom. The maximum absolute atomic E-state index is 4.48. The summed E-state index contributed by atoms with van der Waals surface area (Å²) in [6.45, 7) is 9.06. The topological polar surface area (TPSA) is 33.1 Å². The van der Waals surface area contributed by atoms with Crippen LogP contribution in [-0.2, 0) is 20.0 Å². The summed E-state index contributed by atoms with van der Waals surface area (Å²) in [6.07, 6.45) is 7.29. The summed E-state index contributed by atoms with van der Waals surface area (Å²) in [6, 6.07) is 0.641. The highest BCUT2D eigenvalue weighted by molar-refractivity contribution is 5.16. The molecule has 0 radical (unpaired) electrons. The minimum absolute atomic E-state index is 0.641. The molecule has 4 nitrogen and oxygen atoms in total. The zero-order chi connectivity index (χ0) is 13.7. The molecule has 0 aliphatic carbocycles. The lowest BCUT2D eigenvalue weighted by Crippen LogP contribution is -2.43. The fourth-order valence-electron chi connectivity index (χ4n) is 2.93. The van der Waals surface area contributed by atoms with Gasteiger partial charge in [0.2, 0.25) is 0 Å². The van der Waals surface area contributed by atoms with Gasteiger partial charge in [-0.1, -0.05) is 13.3 Å². The van der Waals surface area contributed by atoms with E-state index in [1.807, 2.05) is 11.7 Å². The van der Waals surface area contributed by atoms with Gasteiger partial charge < -0.3 is 5.32 Å². The summed E-state index contributed by atoms with van der Waals surface area (Å²) in [5.41, 5.74) is 2.57. The number of piperidine rings is 1. The van der Waals surface area contributed by atoms with Crippen LogP contribution < -0.4 is 5.32 Å². The van der Waals surface area contributed by atoms with Gasteiger partial charge in [0, 0.05) is 37.9 Å². The van der Waals surface area contributed by atoms with Gasteiger partial charge in [0.25, 0.3) is 0 Å². The lowest BCUT2D eigenvalue weighted by molar-refractivity contribution is 0.170. The highest BCUT2D eigenvalue weighted by atomic mass is 15.3. The number of aryl methyl sites for hydroxylation is 2. The number of aromatic nitrogens is 2. The highest BCUT2D eigenvalue weighted by Gasteiger charge is 2.16. The Bertz CT molecular complexity index is 379. The van der Waals surface area contributed by atoms with Gasteiger partial charge in [0.05, 0.1) is 5.69 Å². The van der Waals surface area contributed by atoms with Crippen molar-refractivity contribution in [3.05, 3.63) is 17.5 Å². The molecule has 1 atom stereocenters. The quantitative estimate of drug-likeness (QED) is 0.852. The van der Waals surface area contributed by atoms with Crippen molar-refractivity contribution in [2.75, 3.05) is 19.6 Å². The van der Waals surface area contributed by atoms with Gasteiger partial charge in [-0.25, -0.2) is 0 Å². The maximum atomic E-state index is 4.48. The third-order valence-corrected chi connectivity index (χ3v) is 4.10. The Morgan fingerprint density at radius 3 is 2.74 bits per heavy atom. The van der Waals surface area contributed by atoms with Crippen LogP contribution in [0.3, 0.4) is 0 Å². The molecule has 1 aliphatic heterocycles. The normalized spacial score (nSPS) is 18.7. The van der Waals surface area contributed by atoms with Crippen LogP contribution in [-0.4, -0.2) is 40.4 Å². The van der Waals surface area contributed by atoms with E-state index in [1.54, 1.807) is 0 Å². The van der Waals surface area contributed by atoms with Crippen LogP contribution in [0.2, 0.25) is 0 Å². The van der Waals surface area contributed by atoms with Crippen LogP contribution in [0.15, 0.2) is 6.20 Å². The largest absolute Gasteiger partial charge is 0.311 e. The molecule has 0 spiro atoms. The van der Waals surface area contributed by atoms with Gasteiger partial charge in [0.15, 0.2) is 0 Å². The average molecular weight is 264 g/mol. The Kier molecular flexibility index (Phi) is 5.40. The molecule has 1 aliphatic rings. The molecule has 4 heteroatoms. The van der Waals surface area contributed by atoms with E-state index in [4.69, 9.17) is 0 Å². The van der Waals surface area contributed by atoms with Crippen molar-refractivity contribution in [1.29, 1.82) is 0 Å². The average Bonchev–Trinajstić information content (AvgIpc) is 2.80. The van der Waals surface area contributed by atoms with Gasteiger partial charge in [-0.15, -0.1) is 0 Å². The second-order valence-corrected chi connectivity index (χ2v) is 5.70. The van der Waals surface area contributed by atoms with E-state index < -0.39 is 0 Å². The number of hydrogen-bond donors (Lipinski definition) is 1. The Morgan fingerprint density at radius 1 is 1.32 bits per heavy atom. The second-order valence-electron chi connectivity index (χ2n) is 5.70. The number of hydrogen-bond acceptors (Lipinski definition) is 3. The third kappa shape index (κ3) is 4.05. The van der Waals surface area contributed by atoms with Crippen LogP contribution in [0, 0.1) is 0 Å². The van der Waals surface area contributed by atoms with Crippen LogP contribution in [0.1, 0.15) is 44.4 Å². The fraction of sp³-hybridized carbons (Fsp3) is 0.800. The second kappa shape index (κ2) is 7.06. The SMILES string of the molecule is CCc1nn(C)cc1CNCC(C)N1CCCCC1. The molecule has 1 N–H and O–H groups in total. The molecule has 1 aromatic heterocycles. The number of rotatable bonds is 6. The Labute approximate surface area is 117 Å². The van der Waals surface area contributed by atoms with Crippen molar-refractivity contribution in [3.8, 4) is 0 Å². The summed E-state index contributed by atoms with van der Waals surface area (Å²) in [7, 11) is 2.00. The van der Waals surface area contributed by atoms with Gasteiger partial charge in [-0.05, 0) is 39.3 Å². The number of likely N-dealkylation sites (tertiary alicyclic amines) is 1. The van der Waals surface area contributed by atoms with E-state index in [-0.39, 0.29) is 0 Å². The first-order chi connectivity index (χ1) is 9.20. The molecule has 2 rings (SSSR count). The van der Waals surface area contributed by atoms with E-state index in [0.29, 0.717) is 6.04 Å². The van der Waals surface area contributed by atoms with Crippen molar-refractivity contribution in [2.45, 2.75) is 52.1 Å². The van der Waals surface area contributed by atoms with E-state index in [1.165, 1.54) is 43.6 Å². The first kappa shape index (κ1) is 14.5. The molecule has 0 aromatic carbocycles. The Balaban J connectivity index is 1.76. The molecule has 1 aromatic rings. The van der Waals surface area contributed by atoms with Gasteiger partial charge >= 0.3 is 0 Å². The Hall–Kier alpha value is -0.870. The molecular formula is C15H28N4. The fourth-order valence-corrected chi connectivity index (χ4v) is 2.93. The van der Waals surface area contributed by atoms with Crippen LogP contribution in [0.5, 0.6) is 0 Å². The van der Waals surface area contributed by atoms with Crippen LogP contribution >= 0.6 is 0 Å². The lowest BCUT2D eigenvalue weighted by atomic mass is 10.1. The maximum Gasteiger partial charge on any atom is 0.0666 e. The molecule has 0 amide bonds. The molecular weight excluding hydrogens is 236 g/mol. The third-order valence-electron chi connectivity index (χ3n) is 4.10. The van der Waals surface area contributed by atoms with Crippen molar-refractivity contribution >= 4 is 0 Å². The molecule has 1 unspecified atom stereocenters. The van der Waals surface area contributed by atoms with Crippen molar-refractivity contribution in [2.24, 2.45) is 7.05 Å². The van der Waals surface area contributed by atoms with E-state index >= 15 is 0 Å². The predicted molar refractivity (Wildman–Crippen MR) is 79.2 cm³/mol. The summed E-state index contributed by atoms with van der Waals surface area (Å²) >= 11 is 0. The molecule has 1 saturated heterocycles. The molecule has 2 heterocycles. The van der Waals surface area contributed by atoms with Crippen LogP contribution in [0.25, 0.3) is 0 Å². The van der Waals surface area contributed by atoms with Gasteiger partial charge in [0.1, 0.15) is 0 Å². The monoisotopic (exact) mass is 264 g/mol. The smallest absolute Gasteiger partial charge is 0.0666 e. The van der Waals surface area contributed by atoms with E-state index in [2.05, 4.69) is 35.4 Å². The van der Waals surface area contributed by atoms with Crippen LogP contribution in [0.4, 0.5) is 0 Å². The zero-order valence-electron chi connectivity index (χ0n) is 12.7. The highest BCUT2D eigenvalue weighted by Crippen LogP contribution is 2.12. The number of nitrogens with zero attached hydrogens (tertiary/aromatic N) is 3. The molecule has 0 bridgehead atoms. The predicted octanol–water partition coefficient (Wildman–Crippen LogP) is 1.95. The minimum Gasteiger partial charge on any atom is -0.311 e. The van der Waals surface area contributed by atoms with Crippen molar-refractivity contribution < 1.29 is 0 Å². The molecule has 108 valence electrons. The summed E-state index contributed by atoms with van der Waals surface area (Å²) in [4.78, 5) is 2.61. The standard InChI is InChI=1S/C15H28N4/c1-4-15-14(12-18(3)17-15)11-16-10-13(2)19-8-6-5-7-9-19/h12-13,16H,4-11H2,1-3H3. The van der Waals surface area contributed by atoms with E-state index in [9.17, 15) is 0 Å². The summed E-state index contributed by atoms with van der Waals surface area (Å²) < 4.78 is 1.92. The molecule has 1 fully saturated rings.